The molecule has 1 aliphatic carbocycles. The van der Waals surface area contributed by atoms with E-state index in [9.17, 15) is 4.79 Å². The summed E-state index contributed by atoms with van der Waals surface area (Å²) in [5.41, 5.74) is 5.94. The van der Waals surface area contributed by atoms with Crippen LogP contribution in [0.25, 0.3) is 0 Å². The molecular formula is C32H29NO4S. The van der Waals surface area contributed by atoms with Crippen LogP contribution in [0, 0.1) is 0 Å². The number of fused-ring (bicyclic) bond motifs is 1. The lowest BCUT2D eigenvalue weighted by Crippen LogP contribution is -2.29. The average Bonchev–Trinajstić information content (AvgIpc) is 3.50. The molecule has 0 spiro atoms. The van der Waals surface area contributed by atoms with E-state index in [0.29, 0.717) is 24.5 Å². The van der Waals surface area contributed by atoms with E-state index in [4.69, 9.17) is 14.2 Å². The number of Topliss-reactive ketones (excluding diaryl/α,β-unsaturated/α-hetero) is 1. The molecule has 1 aliphatic heterocycles. The number of allylic oxidation sites excluding steroid dienone is 2. The lowest BCUT2D eigenvalue weighted by Gasteiger charge is -2.36. The second kappa shape index (κ2) is 10.4. The van der Waals surface area contributed by atoms with Crippen LogP contribution in [0.1, 0.15) is 46.2 Å². The number of benzene rings is 3. The molecule has 6 heteroatoms. The maximum Gasteiger partial charge on any atom is 0.162 e. The number of nitrogens with one attached hydrogen (secondary N) is 1. The summed E-state index contributed by atoms with van der Waals surface area (Å²) in [7, 11) is 3.27. The molecule has 192 valence electrons. The first-order valence-corrected chi connectivity index (χ1v) is 13.6. The fourth-order valence-corrected chi connectivity index (χ4v) is 6.34. The van der Waals surface area contributed by atoms with Gasteiger partial charge < -0.3 is 19.5 Å². The van der Waals surface area contributed by atoms with Gasteiger partial charge in [-0.3, -0.25) is 4.79 Å². The molecule has 0 amide bonds. The molecule has 2 atom stereocenters. The van der Waals surface area contributed by atoms with Gasteiger partial charge in [0.05, 0.1) is 14.2 Å². The summed E-state index contributed by atoms with van der Waals surface area (Å²) >= 11 is 1.72. The van der Waals surface area contributed by atoms with Crippen molar-refractivity contribution >= 4 is 22.8 Å². The van der Waals surface area contributed by atoms with Crippen LogP contribution in [-0.4, -0.2) is 20.0 Å². The Morgan fingerprint density at radius 1 is 0.895 bits per heavy atom. The van der Waals surface area contributed by atoms with E-state index in [-0.39, 0.29) is 17.6 Å². The van der Waals surface area contributed by atoms with E-state index in [1.807, 2.05) is 54.6 Å². The number of hydrogen-bond acceptors (Lipinski definition) is 6. The molecule has 0 saturated carbocycles. The van der Waals surface area contributed by atoms with Crippen LogP contribution in [-0.2, 0) is 11.4 Å². The fraction of sp³-hybridized carbons (Fsp3) is 0.219. The van der Waals surface area contributed by atoms with Gasteiger partial charge in [-0.1, -0.05) is 48.5 Å². The van der Waals surface area contributed by atoms with Gasteiger partial charge in [0.2, 0.25) is 0 Å². The zero-order valence-corrected chi connectivity index (χ0v) is 22.2. The molecule has 3 aromatic carbocycles. The van der Waals surface area contributed by atoms with Crippen molar-refractivity contribution in [2.45, 2.75) is 31.3 Å². The van der Waals surface area contributed by atoms with Crippen molar-refractivity contribution in [1.82, 2.24) is 0 Å². The molecule has 2 heterocycles. The van der Waals surface area contributed by atoms with Gasteiger partial charge in [0.1, 0.15) is 12.4 Å². The minimum absolute atomic E-state index is 0.185. The summed E-state index contributed by atoms with van der Waals surface area (Å²) < 4.78 is 17.3. The van der Waals surface area contributed by atoms with E-state index >= 15 is 0 Å². The SMILES string of the molecule is COc1cc2c(cc1OC)[C@H](c1ccc(OCc3ccccc3)cc1)C1=C(C[C@H](c3cccs3)CC1=O)N2. The molecule has 1 N–H and O–H groups in total. The molecular weight excluding hydrogens is 494 g/mol. The van der Waals surface area contributed by atoms with Crippen molar-refractivity contribution in [3.05, 3.63) is 117 Å². The number of carbonyl (C=O) groups excluding carboxylic acids is 1. The second-order valence-electron chi connectivity index (χ2n) is 9.63. The van der Waals surface area contributed by atoms with Gasteiger partial charge in [0.15, 0.2) is 17.3 Å². The van der Waals surface area contributed by atoms with Crippen LogP contribution in [0.4, 0.5) is 5.69 Å². The summed E-state index contributed by atoms with van der Waals surface area (Å²) in [6, 6.07) is 26.4. The van der Waals surface area contributed by atoms with Crippen molar-refractivity contribution in [3.8, 4) is 17.2 Å². The van der Waals surface area contributed by atoms with Crippen LogP contribution in [0.15, 0.2) is 95.5 Å². The van der Waals surface area contributed by atoms with Gasteiger partial charge in [-0.05, 0) is 52.8 Å². The molecule has 0 bridgehead atoms. The molecule has 0 radical (unpaired) electrons. The van der Waals surface area contributed by atoms with Gasteiger partial charge >= 0.3 is 0 Å². The molecule has 5 nitrogen and oxygen atoms in total. The number of carbonyl (C=O) groups is 1. The Kier molecular flexibility index (Phi) is 6.64. The quantitative estimate of drug-likeness (QED) is 0.275. The first-order valence-electron chi connectivity index (χ1n) is 12.7. The smallest absolute Gasteiger partial charge is 0.162 e. The van der Waals surface area contributed by atoms with E-state index < -0.39 is 0 Å². The van der Waals surface area contributed by atoms with E-state index in [0.717, 1.165) is 45.8 Å². The zero-order chi connectivity index (χ0) is 26.1. The minimum Gasteiger partial charge on any atom is -0.493 e. The number of thiophene rings is 1. The first-order chi connectivity index (χ1) is 18.6. The van der Waals surface area contributed by atoms with Gasteiger partial charge in [0, 0.05) is 46.2 Å². The molecule has 0 saturated heterocycles. The fourth-order valence-electron chi connectivity index (χ4n) is 5.51. The Morgan fingerprint density at radius 3 is 2.37 bits per heavy atom. The average molecular weight is 524 g/mol. The number of anilines is 1. The summed E-state index contributed by atoms with van der Waals surface area (Å²) in [6.07, 6.45) is 1.31. The van der Waals surface area contributed by atoms with Gasteiger partial charge in [-0.2, -0.15) is 0 Å². The van der Waals surface area contributed by atoms with Crippen molar-refractivity contribution < 1.29 is 19.0 Å². The number of rotatable bonds is 7. The third-order valence-electron chi connectivity index (χ3n) is 7.36. The summed E-state index contributed by atoms with van der Waals surface area (Å²) in [6.45, 7) is 0.505. The standard InChI is InChI=1S/C32H29NO4S/c1-35-28-17-24-25(18-29(28)36-2)33-26-15-22(30-9-6-14-38-30)16-27(34)32(26)31(24)21-10-12-23(13-11-21)37-19-20-7-4-3-5-8-20/h3-14,17-18,22,31,33H,15-16,19H2,1-2H3/t22-,31-/m0/s1. The van der Waals surface area contributed by atoms with Crippen LogP contribution in [0.3, 0.4) is 0 Å². The Balaban J connectivity index is 1.38. The molecule has 4 aromatic rings. The predicted molar refractivity (Wildman–Crippen MR) is 151 cm³/mol. The Labute approximate surface area is 226 Å². The third kappa shape index (κ3) is 4.56. The van der Waals surface area contributed by atoms with Gasteiger partial charge in [0.25, 0.3) is 0 Å². The first kappa shape index (κ1) is 24.3. The van der Waals surface area contributed by atoms with Crippen molar-refractivity contribution in [2.75, 3.05) is 19.5 Å². The van der Waals surface area contributed by atoms with E-state index in [2.05, 4.69) is 35.0 Å². The number of ketones is 1. The minimum atomic E-state index is -0.207. The maximum atomic E-state index is 13.8. The Morgan fingerprint density at radius 2 is 1.66 bits per heavy atom. The second-order valence-corrected chi connectivity index (χ2v) is 10.6. The summed E-state index contributed by atoms with van der Waals surface area (Å²) in [5, 5.41) is 5.68. The van der Waals surface area contributed by atoms with E-state index in [1.54, 1.807) is 25.6 Å². The van der Waals surface area contributed by atoms with Crippen molar-refractivity contribution in [3.63, 3.8) is 0 Å². The Hall–Kier alpha value is -4.03. The highest BCUT2D eigenvalue weighted by atomic mass is 32.1. The van der Waals surface area contributed by atoms with Gasteiger partial charge in [-0.25, -0.2) is 0 Å². The monoisotopic (exact) mass is 523 g/mol. The Bertz CT molecular complexity index is 1480. The highest BCUT2D eigenvalue weighted by Gasteiger charge is 2.39. The number of hydrogen-bond donors (Lipinski definition) is 1. The predicted octanol–water partition coefficient (Wildman–Crippen LogP) is 7.30. The molecule has 1 aromatic heterocycles. The van der Waals surface area contributed by atoms with Crippen molar-refractivity contribution in [2.24, 2.45) is 0 Å². The molecule has 0 fully saturated rings. The molecule has 0 unspecified atom stereocenters. The summed E-state index contributed by atoms with van der Waals surface area (Å²) in [5.74, 6) is 2.26. The van der Waals surface area contributed by atoms with Crippen LogP contribution >= 0.6 is 11.3 Å². The van der Waals surface area contributed by atoms with Crippen LogP contribution in [0.2, 0.25) is 0 Å². The third-order valence-corrected chi connectivity index (χ3v) is 8.39. The maximum absolute atomic E-state index is 13.8. The lowest BCUT2D eigenvalue weighted by molar-refractivity contribution is -0.116. The zero-order valence-electron chi connectivity index (χ0n) is 21.4. The largest absolute Gasteiger partial charge is 0.493 e. The lowest BCUT2D eigenvalue weighted by atomic mass is 9.73. The summed E-state index contributed by atoms with van der Waals surface area (Å²) in [4.78, 5) is 15.0. The number of ether oxygens (including phenoxy) is 3. The normalized spacial score (nSPS) is 18.3. The molecule has 2 aliphatic rings. The molecule has 38 heavy (non-hydrogen) atoms. The molecule has 6 rings (SSSR count). The van der Waals surface area contributed by atoms with E-state index in [1.165, 1.54) is 4.88 Å². The van der Waals surface area contributed by atoms with Crippen molar-refractivity contribution in [1.29, 1.82) is 0 Å². The van der Waals surface area contributed by atoms with Crippen LogP contribution < -0.4 is 19.5 Å². The number of methoxy groups -OCH3 is 2. The highest BCUT2D eigenvalue weighted by molar-refractivity contribution is 7.10. The highest BCUT2D eigenvalue weighted by Crippen LogP contribution is 2.50. The van der Waals surface area contributed by atoms with Gasteiger partial charge in [-0.15, -0.1) is 11.3 Å². The topological polar surface area (TPSA) is 56.8 Å². The van der Waals surface area contributed by atoms with Crippen LogP contribution in [0.5, 0.6) is 17.2 Å².